The van der Waals surface area contributed by atoms with Crippen LogP contribution in [0.2, 0.25) is 0 Å². The van der Waals surface area contributed by atoms with E-state index in [1.165, 1.54) is 16.7 Å². The first-order valence-electron chi connectivity index (χ1n) is 6.59. The summed E-state index contributed by atoms with van der Waals surface area (Å²) in [6.45, 7) is 5.66. The number of phenols is 1. The third-order valence-corrected chi connectivity index (χ3v) is 4.54. The fourth-order valence-electron chi connectivity index (χ4n) is 3.40. The zero-order valence-electron chi connectivity index (χ0n) is 11.0. The van der Waals surface area contributed by atoms with Gasteiger partial charge in [0.1, 0.15) is 5.75 Å². The second-order valence-corrected chi connectivity index (χ2v) is 6.01. The topological polar surface area (TPSA) is 49.7 Å². The van der Waals surface area contributed by atoms with E-state index in [4.69, 9.17) is 4.74 Å². The second kappa shape index (κ2) is 3.97. The maximum absolute atomic E-state index is 10.4. The molecule has 0 unspecified atom stereocenters. The van der Waals surface area contributed by atoms with Crippen LogP contribution in [0.4, 0.5) is 0 Å². The van der Waals surface area contributed by atoms with Gasteiger partial charge in [-0.25, -0.2) is 0 Å². The number of aromatic hydroxyl groups is 1. The number of phenolic OH excluding ortho intramolecular Hbond substituents is 1. The average molecular weight is 248 g/mol. The Balaban J connectivity index is 2.17. The third-order valence-electron chi connectivity index (χ3n) is 4.54. The highest BCUT2D eigenvalue weighted by atomic mass is 16.5. The number of rotatable bonds is 1. The summed E-state index contributed by atoms with van der Waals surface area (Å²) in [5.41, 5.74) is 5.71. The largest absolute Gasteiger partial charge is 0.507 e. The molecule has 0 spiro atoms. The molecule has 3 nitrogen and oxygen atoms in total. The second-order valence-electron chi connectivity index (χ2n) is 6.01. The molecule has 3 rings (SSSR count). The van der Waals surface area contributed by atoms with E-state index in [0.29, 0.717) is 12.4 Å². The van der Waals surface area contributed by atoms with E-state index in [1.54, 1.807) is 0 Å². The SMILES string of the molecule is Cc1c2c(c(O)c3c1C[C@@](C)(CO)C3)COCC2. The smallest absolute Gasteiger partial charge is 0.124 e. The summed E-state index contributed by atoms with van der Waals surface area (Å²) in [7, 11) is 0. The van der Waals surface area contributed by atoms with Gasteiger partial charge in [0.25, 0.3) is 0 Å². The standard InChI is InChI=1S/C15H20O3/c1-9-10-3-4-18-7-13(10)14(17)12-6-15(2,8-16)5-11(9)12/h16-17H,3-8H2,1-2H3/t15-/m1/s1. The molecule has 0 radical (unpaired) electrons. The lowest BCUT2D eigenvalue weighted by molar-refractivity contribution is 0.108. The Bertz CT molecular complexity index is 464. The van der Waals surface area contributed by atoms with Gasteiger partial charge < -0.3 is 14.9 Å². The Morgan fingerprint density at radius 1 is 1.17 bits per heavy atom. The summed E-state index contributed by atoms with van der Waals surface area (Å²) < 4.78 is 5.46. The number of hydrogen-bond donors (Lipinski definition) is 2. The summed E-state index contributed by atoms with van der Waals surface area (Å²) in [4.78, 5) is 0. The van der Waals surface area contributed by atoms with Crippen molar-refractivity contribution in [1.29, 1.82) is 0 Å². The van der Waals surface area contributed by atoms with Crippen LogP contribution in [0, 0.1) is 12.3 Å². The highest BCUT2D eigenvalue weighted by Crippen LogP contribution is 2.46. The van der Waals surface area contributed by atoms with Crippen LogP contribution in [0.3, 0.4) is 0 Å². The van der Waals surface area contributed by atoms with Gasteiger partial charge in [-0.15, -0.1) is 0 Å². The number of benzene rings is 1. The van der Waals surface area contributed by atoms with Gasteiger partial charge in [-0.3, -0.25) is 0 Å². The van der Waals surface area contributed by atoms with Crippen LogP contribution in [0.5, 0.6) is 5.75 Å². The molecule has 1 atom stereocenters. The van der Waals surface area contributed by atoms with Crippen LogP contribution >= 0.6 is 0 Å². The molecule has 0 amide bonds. The first-order valence-corrected chi connectivity index (χ1v) is 6.59. The van der Waals surface area contributed by atoms with Crippen molar-refractivity contribution in [3.8, 4) is 5.75 Å². The van der Waals surface area contributed by atoms with Gasteiger partial charge in [0.2, 0.25) is 0 Å². The average Bonchev–Trinajstić information content (AvgIpc) is 2.75. The molecule has 0 saturated heterocycles. The minimum Gasteiger partial charge on any atom is -0.507 e. The number of ether oxygens (including phenoxy) is 1. The molecule has 98 valence electrons. The van der Waals surface area contributed by atoms with E-state index in [-0.39, 0.29) is 12.0 Å². The molecule has 0 aromatic heterocycles. The van der Waals surface area contributed by atoms with Crippen LogP contribution in [-0.2, 0) is 30.6 Å². The molecular formula is C15H20O3. The van der Waals surface area contributed by atoms with Crippen LogP contribution in [0.25, 0.3) is 0 Å². The Kier molecular flexibility index (Phi) is 2.65. The lowest BCUT2D eigenvalue weighted by atomic mass is 9.88. The quantitative estimate of drug-likeness (QED) is 0.797. The van der Waals surface area contributed by atoms with E-state index in [0.717, 1.165) is 37.0 Å². The van der Waals surface area contributed by atoms with Crippen molar-refractivity contribution in [2.24, 2.45) is 5.41 Å². The van der Waals surface area contributed by atoms with Crippen LogP contribution in [0.15, 0.2) is 0 Å². The molecular weight excluding hydrogens is 228 g/mol. The van der Waals surface area contributed by atoms with E-state index in [9.17, 15) is 10.2 Å². The fraction of sp³-hybridized carbons (Fsp3) is 0.600. The number of aliphatic hydroxyl groups is 1. The van der Waals surface area contributed by atoms with Gasteiger partial charge in [-0.05, 0) is 53.9 Å². The van der Waals surface area contributed by atoms with E-state index in [2.05, 4.69) is 13.8 Å². The maximum Gasteiger partial charge on any atom is 0.124 e. The molecule has 2 N–H and O–H groups in total. The van der Waals surface area contributed by atoms with Crippen molar-refractivity contribution >= 4 is 0 Å². The molecule has 0 fully saturated rings. The Hall–Kier alpha value is -1.06. The maximum atomic E-state index is 10.4. The van der Waals surface area contributed by atoms with E-state index in [1.807, 2.05) is 0 Å². The fourth-order valence-corrected chi connectivity index (χ4v) is 3.40. The first-order chi connectivity index (χ1) is 8.56. The van der Waals surface area contributed by atoms with E-state index < -0.39 is 0 Å². The van der Waals surface area contributed by atoms with Crippen molar-refractivity contribution in [2.45, 2.75) is 39.7 Å². The lowest BCUT2D eigenvalue weighted by Crippen LogP contribution is -2.21. The summed E-state index contributed by atoms with van der Waals surface area (Å²) in [6.07, 6.45) is 2.52. The van der Waals surface area contributed by atoms with Crippen molar-refractivity contribution < 1.29 is 14.9 Å². The molecule has 0 bridgehead atoms. The molecule has 2 aliphatic rings. The number of hydrogen-bond acceptors (Lipinski definition) is 3. The number of fused-ring (bicyclic) bond motifs is 2. The van der Waals surface area contributed by atoms with Crippen LogP contribution in [-0.4, -0.2) is 23.4 Å². The van der Waals surface area contributed by atoms with Gasteiger partial charge in [0.15, 0.2) is 0 Å². The minimum atomic E-state index is -0.116. The normalized spacial score (nSPS) is 25.9. The van der Waals surface area contributed by atoms with Gasteiger partial charge in [0.05, 0.1) is 13.2 Å². The predicted octanol–water partition coefficient (Wildman–Crippen LogP) is 1.87. The summed E-state index contributed by atoms with van der Waals surface area (Å²) in [5.74, 6) is 0.419. The van der Waals surface area contributed by atoms with Crippen molar-refractivity contribution in [1.82, 2.24) is 0 Å². The van der Waals surface area contributed by atoms with Gasteiger partial charge in [0, 0.05) is 12.2 Å². The molecule has 1 heterocycles. The van der Waals surface area contributed by atoms with Crippen LogP contribution < -0.4 is 0 Å². The molecule has 3 heteroatoms. The first kappa shape index (κ1) is 12.0. The van der Waals surface area contributed by atoms with Crippen LogP contribution in [0.1, 0.15) is 34.7 Å². The Morgan fingerprint density at radius 3 is 2.61 bits per heavy atom. The van der Waals surface area contributed by atoms with Gasteiger partial charge >= 0.3 is 0 Å². The lowest BCUT2D eigenvalue weighted by Gasteiger charge is -2.23. The molecule has 1 aromatic carbocycles. The minimum absolute atomic E-state index is 0.116. The van der Waals surface area contributed by atoms with Gasteiger partial charge in [-0.2, -0.15) is 0 Å². The predicted molar refractivity (Wildman–Crippen MR) is 68.8 cm³/mol. The zero-order valence-corrected chi connectivity index (χ0v) is 11.0. The van der Waals surface area contributed by atoms with Gasteiger partial charge in [-0.1, -0.05) is 6.92 Å². The zero-order chi connectivity index (χ0) is 12.9. The number of aliphatic hydroxyl groups excluding tert-OH is 1. The molecule has 0 saturated carbocycles. The summed E-state index contributed by atoms with van der Waals surface area (Å²) in [6, 6.07) is 0. The molecule has 1 aliphatic heterocycles. The Morgan fingerprint density at radius 2 is 1.89 bits per heavy atom. The van der Waals surface area contributed by atoms with Crippen molar-refractivity contribution in [2.75, 3.05) is 13.2 Å². The highest BCUT2D eigenvalue weighted by Gasteiger charge is 2.37. The molecule has 1 aliphatic carbocycles. The third kappa shape index (κ3) is 1.57. The van der Waals surface area contributed by atoms with Crippen molar-refractivity contribution in [3.05, 3.63) is 27.8 Å². The monoisotopic (exact) mass is 248 g/mol. The molecule has 18 heavy (non-hydrogen) atoms. The summed E-state index contributed by atoms with van der Waals surface area (Å²) in [5, 5.41) is 20.0. The molecule has 1 aromatic rings. The van der Waals surface area contributed by atoms with Crippen molar-refractivity contribution in [3.63, 3.8) is 0 Å². The Labute approximate surface area is 107 Å². The summed E-state index contributed by atoms with van der Waals surface area (Å²) >= 11 is 0. The van der Waals surface area contributed by atoms with E-state index >= 15 is 0 Å². The highest BCUT2D eigenvalue weighted by molar-refractivity contribution is 5.57.